The zero-order valence-corrected chi connectivity index (χ0v) is 9.53. The quantitative estimate of drug-likeness (QED) is 0.705. The maximum atomic E-state index is 12.1. The van der Waals surface area contributed by atoms with Crippen LogP contribution < -0.4 is 5.32 Å². The standard InChI is InChI=1S/C11H20N2O2/c1-8-7-13(3-4-15-8)11(14)9(2)10-5-12-6-10/h8-10,12H,3-7H2,1-2H3. The highest BCUT2D eigenvalue weighted by atomic mass is 16.5. The Morgan fingerprint density at radius 2 is 2.27 bits per heavy atom. The summed E-state index contributed by atoms with van der Waals surface area (Å²) in [6.07, 6.45) is 0.189. The molecule has 0 aromatic rings. The molecule has 0 aliphatic carbocycles. The Morgan fingerprint density at radius 1 is 1.53 bits per heavy atom. The van der Waals surface area contributed by atoms with Gasteiger partial charge >= 0.3 is 0 Å². The molecule has 2 rings (SSSR count). The van der Waals surface area contributed by atoms with Gasteiger partial charge in [-0.1, -0.05) is 6.92 Å². The summed E-state index contributed by atoms with van der Waals surface area (Å²) in [4.78, 5) is 14.1. The summed E-state index contributed by atoms with van der Waals surface area (Å²) in [5, 5.41) is 3.21. The van der Waals surface area contributed by atoms with Crippen LogP contribution in [-0.2, 0) is 9.53 Å². The minimum atomic E-state index is 0.163. The van der Waals surface area contributed by atoms with Crippen LogP contribution in [0.25, 0.3) is 0 Å². The molecule has 1 N–H and O–H groups in total. The smallest absolute Gasteiger partial charge is 0.225 e. The lowest BCUT2D eigenvalue weighted by Crippen LogP contribution is -2.53. The van der Waals surface area contributed by atoms with E-state index in [1.165, 1.54) is 0 Å². The Morgan fingerprint density at radius 3 is 2.80 bits per heavy atom. The van der Waals surface area contributed by atoms with E-state index in [1.54, 1.807) is 0 Å². The van der Waals surface area contributed by atoms with Gasteiger partial charge in [0.1, 0.15) is 0 Å². The fraction of sp³-hybridized carbons (Fsp3) is 0.909. The molecule has 2 saturated heterocycles. The highest BCUT2D eigenvalue weighted by Crippen LogP contribution is 2.19. The van der Waals surface area contributed by atoms with Crippen molar-refractivity contribution in [2.45, 2.75) is 20.0 Å². The molecule has 86 valence electrons. The molecule has 0 saturated carbocycles. The first-order valence-electron chi connectivity index (χ1n) is 5.79. The van der Waals surface area contributed by atoms with E-state index in [4.69, 9.17) is 4.74 Å². The summed E-state index contributed by atoms with van der Waals surface area (Å²) < 4.78 is 5.43. The number of amides is 1. The summed E-state index contributed by atoms with van der Waals surface area (Å²) in [6.45, 7) is 8.25. The lowest BCUT2D eigenvalue weighted by Gasteiger charge is -2.37. The second kappa shape index (κ2) is 4.49. The van der Waals surface area contributed by atoms with E-state index in [0.717, 1.165) is 26.2 Å². The SMILES string of the molecule is CC1CN(C(=O)C(C)C2CNC2)CCO1. The molecule has 2 unspecified atom stereocenters. The molecule has 2 atom stereocenters. The first kappa shape index (κ1) is 10.9. The lowest BCUT2D eigenvalue weighted by molar-refractivity contribution is -0.144. The van der Waals surface area contributed by atoms with Crippen LogP contribution in [0, 0.1) is 11.8 Å². The number of nitrogens with one attached hydrogen (secondary N) is 1. The van der Waals surface area contributed by atoms with E-state index in [2.05, 4.69) is 5.32 Å². The molecule has 15 heavy (non-hydrogen) atoms. The van der Waals surface area contributed by atoms with E-state index in [9.17, 15) is 4.79 Å². The molecule has 4 heteroatoms. The van der Waals surface area contributed by atoms with Crippen LogP contribution in [0.2, 0.25) is 0 Å². The third-order valence-electron chi connectivity index (χ3n) is 3.46. The van der Waals surface area contributed by atoms with E-state index < -0.39 is 0 Å². The largest absolute Gasteiger partial charge is 0.375 e. The van der Waals surface area contributed by atoms with Gasteiger partial charge < -0.3 is 15.0 Å². The van der Waals surface area contributed by atoms with Gasteiger partial charge in [0, 0.05) is 19.0 Å². The molecule has 0 bridgehead atoms. The van der Waals surface area contributed by atoms with Gasteiger partial charge in [0.05, 0.1) is 12.7 Å². The second-order valence-corrected chi connectivity index (χ2v) is 4.67. The highest BCUT2D eigenvalue weighted by Gasteiger charge is 2.32. The van der Waals surface area contributed by atoms with Gasteiger partial charge in [-0.15, -0.1) is 0 Å². The van der Waals surface area contributed by atoms with Crippen molar-refractivity contribution < 1.29 is 9.53 Å². The van der Waals surface area contributed by atoms with E-state index in [-0.39, 0.29) is 12.0 Å². The number of nitrogens with zero attached hydrogens (tertiary/aromatic N) is 1. The topological polar surface area (TPSA) is 41.6 Å². The van der Waals surface area contributed by atoms with Crippen molar-refractivity contribution in [3.8, 4) is 0 Å². The fourth-order valence-electron chi connectivity index (χ4n) is 2.17. The summed E-state index contributed by atoms with van der Waals surface area (Å²) >= 11 is 0. The Hall–Kier alpha value is -0.610. The van der Waals surface area contributed by atoms with Gasteiger partial charge in [0.25, 0.3) is 0 Å². The molecular weight excluding hydrogens is 192 g/mol. The number of rotatable bonds is 2. The predicted octanol–water partition coefficient (Wildman–Crippen LogP) is 0.0892. The van der Waals surface area contributed by atoms with Crippen molar-refractivity contribution in [1.82, 2.24) is 10.2 Å². The molecule has 0 radical (unpaired) electrons. The zero-order chi connectivity index (χ0) is 10.8. The maximum absolute atomic E-state index is 12.1. The predicted molar refractivity (Wildman–Crippen MR) is 57.5 cm³/mol. The van der Waals surface area contributed by atoms with Crippen LogP contribution >= 0.6 is 0 Å². The molecule has 2 heterocycles. The van der Waals surface area contributed by atoms with Gasteiger partial charge in [-0.2, -0.15) is 0 Å². The van der Waals surface area contributed by atoms with Gasteiger partial charge in [-0.25, -0.2) is 0 Å². The van der Waals surface area contributed by atoms with Gasteiger partial charge in [-0.05, 0) is 25.9 Å². The Labute approximate surface area is 91.0 Å². The fourth-order valence-corrected chi connectivity index (χ4v) is 2.17. The van der Waals surface area contributed by atoms with Crippen LogP contribution in [0.3, 0.4) is 0 Å². The van der Waals surface area contributed by atoms with Crippen LogP contribution in [0.4, 0.5) is 0 Å². The summed E-state index contributed by atoms with van der Waals surface area (Å²) in [5.41, 5.74) is 0. The molecule has 0 spiro atoms. The number of carbonyl (C=O) groups is 1. The van der Waals surface area contributed by atoms with Crippen LogP contribution in [0.5, 0.6) is 0 Å². The Balaban J connectivity index is 1.88. The zero-order valence-electron chi connectivity index (χ0n) is 9.53. The van der Waals surface area contributed by atoms with Gasteiger partial charge in [-0.3, -0.25) is 4.79 Å². The van der Waals surface area contributed by atoms with Crippen molar-refractivity contribution in [3.05, 3.63) is 0 Å². The summed E-state index contributed by atoms with van der Waals surface area (Å²) in [7, 11) is 0. The number of hydrogen-bond donors (Lipinski definition) is 1. The number of hydrogen-bond acceptors (Lipinski definition) is 3. The van der Waals surface area contributed by atoms with Crippen molar-refractivity contribution >= 4 is 5.91 Å². The normalized spacial score (nSPS) is 29.7. The Kier molecular flexibility index (Phi) is 3.26. The van der Waals surface area contributed by atoms with Gasteiger partial charge in [0.2, 0.25) is 5.91 Å². The van der Waals surface area contributed by atoms with Crippen LogP contribution in [0.1, 0.15) is 13.8 Å². The van der Waals surface area contributed by atoms with Crippen molar-refractivity contribution in [3.63, 3.8) is 0 Å². The second-order valence-electron chi connectivity index (χ2n) is 4.67. The Bertz CT molecular complexity index is 241. The molecule has 0 aromatic heterocycles. The van der Waals surface area contributed by atoms with Gasteiger partial charge in [0.15, 0.2) is 0 Å². The first-order chi connectivity index (χ1) is 7.18. The number of ether oxygens (including phenoxy) is 1. The van der Waals surface area contributed by atoms with Crippen molar-refractivity contribution in [2.24, 2.45) is 11.8 Å². The monoisotopic (exact) mass is 212 g/mol. The van der Waals surface area contributed by atoms with E-state index in [0.29, 0.717) is 18.4 Å². The molecule has 0 aromatic carbocycles. The van der Waals surface area contributed by atoms with Crippen LogP contribution in [-0.4, -0.2) is 49.7 Å². The average molecular weight is 212 g/mol. The molecule has 2 aliphatic heterocycles. The molecule has 4 nitrogen and oxygen atoms in total. The average Bonchev–Trinajstić information content (AvgIpc) is 2.14. The molecular formula is C11H20N2O2. The minimum absolute atomic E-state index is 0.163. The van der Waals surface area contributed by atoms with Crippen LogP contribution in [0.15, 0.2) is 0 Å². The van der Waals surface area contributed by atoms with E-state index in [1.807, 2.05) is 18.7 Å². The van der Waals surface area contributed by atoms with Crippen molar-refractivity contribution in [2.75, 3.05) is 32.8 Å². The first-order valence-corrected chi connectivity index (χ1v) is 5.79. The summed E-state index contributed by atoms with van der Waals surface area (Å²) in [6, 6.07) is 0. The third-order valence-corrected chi connectivity index (χ3v) is 3.46. The molecule has 2 aliphatic rings. The molecule has 1 amide bonds. The number of morpholine rings is 1. The van der Waals surface area contributed by atoms with Crippen molar-refractivity contribution in [1.29, 1.82) is 0 Å². The number of carbonyl (C=O) groups excluding carboxylic acids is 1. The molecule has 2 fully saturated rings. The third kappa shape index (κ3) is 2.32. The van der Waals surface area contributed by atoms with E-state index >= 15 is 0 Å². The minimum Gasteiger partial charge on any atom is -0.375 e. The maximum Gasteiger partial charge on any atom is 0.225 e. The highest BCUT2D eigenvalue weighted by molar-refractivity contribution is 5.79. The lowest BCUT2D eigenvalue weighted by atomic mass is 9.88. The summed E-state index contributed by atoms with van der Waals surface area (Å²) in [5.74, 6) is 1.00.